The summed E-state index contributed by atoms with van der Waals surface area (Å²) in [6.45, 7) is 6.47. The molecule has 0 spiro atoms. The van der Waals surface area contributed by atoms with E-state index in [9.17, 15) is 0 Å². The van der Waals surface area contributed by atoms with Crippen molar-refractivity contribution in [2.75, 3.05) is 25.0 Å². The van der Waals surface area contributed by atoms with E-state index in [4.69, 9.17) is 4.98 Å². The maximum Gasteiger partial charge on any atom is 0.129 e. The van der Waals surface area contributed by atoms with Gasteiger partial charge in [-0.15, -0.1) is 0 Å². The second kappa shape index (κ2) is 8.66. The van der Waals surface area contributed by atoms with E-state index in [0.717, 1.165) is 58.3 Å². The Morgan fingerprint density at radius 2 is 1.94 bits per heavy atom. The van der Waals surface area contributed by atoms with Crippen molar-refractivity contribution in [3.8, 4) is 11.3 Å². The van der Waals surface area contributed by atoms with Gasteiger partial charge in [-0.2, -0.15) is 0 Å². The van der Waals surface area contributed by atoms with E-state index in [1.807, 2.05) is 25.3 Å². The van der Waals surface area contributed by atoms with Gasteiger partial charge in [-0.1, -0.05) is 25.1 Å². The molecule has 2 N–H and O–H groups in total. The number of rotatable bonds is 6. The Bertz CT molecular complexity index is 1280. The maximum absolute atomic E-state index is 4.70. The molecule has 0 saturated carbocycles. The van der Waals surface area contributed by atoms with Crippen LogP contribution in [-0.2, 0) is 0 Å². The third-order valence-electron chi connectivity index (χ3n) is 5.60. The lowest BCUT2D eigenvalue weighted by molar-refractivity contribution is 0.805. The van der Waals surface area contributed by atoms with Crippen LogP contribution in [0.15, 0.2) is 60.2 Å². The molecule has 0 bridgehead atoms. The standard InChI is InChI=1S/C24H24N8/c1-15(11-30-22-10-21(31-14-32-22)17-12-28-16(2)29-13-17)18-4-3-5-19-20(6-7-25-23(18)19)24-26-8-9-27-24/h3-7,10,12-15H,8-9,11H2,1-2H3,(H,26,27)(H,30,31,32)/t15-/m0/s1. The van der Waals surface area contributed by atoms with Crippen LogP contribution < -0.4 is 10.6 Å². The number of aryl methyl sites for hydroxylation is 1. The fourth-order valence-electron chi connectivity index (χ4n) is 3.89. The van der Waals surface area contributed by atoms with Crippen molar-refractivity contribution in [3.05, 3.63) is 72.2 Å². The molecular formula is C24H24N8. The summed E-state index contributed by atoms with van der Waals surface area (Å²) in [5.74, 6) is 2.67. The van der Waals surface area contributed by atoms with Crippen molar-refractivity contribution in [2.24, 2.45) is 4.99 Å². The minimum absolute atomic E-state index is 0.223. The zero-order valence-electron chi connectivity index (χ0n) is 18.1. The van der Waals surface area contributed by atoms with Gasteiger partial charge in [-0.25, -0.2) is 19.9 Å². The number of hydrogen-bond donors (Lipinski definition) is 2. The van der Waals surface area contributed by atoms with E-state index in [1.165, 1.54) is 5.56 Å². The summed E-state index contributed by atoms with van der Waals surface area (Å²) in [5, 5.41) is 7.93. The zero-order valence-corrected chi connectivity index (χ0v) is 18.1. The molecule has 0 unspecified atom stereocenters. The molecule has 1 aromatic carbocycles. The Labute approximate surface area is 186 Å². The molecule has 1 atom stereocenters. The van der Waals surface area contributed by atoms with Crippen molar-refractivity contribution in [3.63, 3.8) is 0 Å². The zero-order chi connectivity index (χ0) is 21.9. The highest BCUT2D eigenvalue weighted by atomic mass is 15.1. The fraction of sp³-hybridized carbons (Fsp3) is 0.250. The largest absolute Gasteiger partial charge is 0.369 e. The molecule has 0 aliphatic carbocycles. The SMILES string of the molecule is Cc1ncc(-c2cc(NC[C@H](C)c3cccc4c(C5=NCCN5)ccnc34)ncn2)cn1. The van der Waals surface area contributed by atoms with Crippen LogP contribution >= 0.6 is 0 Å². The second-order valence-electron chi connectivity index (χ2n) is 7.85. The van der Waals surface area contributed by atoms with Gasteiger partial charge in [0.15, 0.2) is 0 Å². The predicted octanol–water partition coefficient (Wildman–Crippen LogP) is 3.36. The molecule has 8 nitrogen and oxygen atoms in total. The van der Waals surface area contributed by atoms with E-state index in [1.54, 1.807) is 18.7 Å². The number of aliphatic imine (C=N–C) groups is 1. The van der Waals surface area contributed by atoms with Crippen LogP contribution in [0, 0.1) is 6.92 Å². The van der Waals surface area contributed by atoms with Gasteiger partial charge in [0, 0.05) is 60.2 Å². The van der Waals surface area contributed by atoms with Crippen LogP contribution in [0.2, 0.25) is 0 Å². The van der Waals surface area contributed by atoms with Crippen molar-refractivity contribution >= 4 is 22.6 Å². The average molecular weight is 425 g/mol. The first-order chi connectivity index (χ1) is 15.7. The quantitative estimate of drug-likeness (QED) is 0.489. The van der Waals surface area contributed by atoms with E-state index in [-0.39, 0.29) is 5.92 Å². The molecule has 4 aromatic rings. The summed E-state index contributed by atoms with van der Waals surface area (Å²) in [6.07, 6.45) is 6.98. The van der Waals surface area contributed by atoms with Crippen molar-refractivity contribution in [1.82, 2.24) is 30.2 Å². The monoisotopic (exact) mass is 424 g/mol. The van der Waals surface area contributed by atoms with E-state index in [2.05, 4.69) is 60.7 Å². The average Bonchev–Trinajstić information content (AvgIpc) is 3.37. The molecule has 3 aromatic heterocycles. The van der Waals surface area contributed by atoms with E-state index in [0.29, 0.717) is 6.54 Å². The number of fused-ring (bicyclic) bond motifs is 1. The van der Waals surface area contributed by atoms with Crippen LogP contribution in [0.3, 0.4) is 0 Å². The molecule has 1 aliphatic rings. The normalized spacial score (nSPS) is 14.1. The summed E-state index contributed by atoms with van der Waals surface area (Å²) in [6, 6.07) is 10.3. The minimum Gasteiger partial charge on any atom is -0.369 e. The highest BCUT2D eigenvalue weighted by Crippen LogP contribution is 2.27. The smallest absolute Gasteiger partial charge is 0.129 e. The van der Waals surface area contributed by atoms with Crippen LogP contribution in [-0.4, -0.2) is 50.4 Å². The highest BCUT2D eigenvalue weighted by Gasteiger charge is 2.16. The van der Waals surface area contributed by atoms with E-state index >= 15 is 0 Å². The van der Waals surface area contributed by atoms with Crippen LogP contribution in [0.4, 0.5) is 5.82 Å². The van der Waals surface area contributed by atoms with Crippen LogP contribution in [0.1, 0.15) is 29.8 Å². The summed E-state index contributed by atoms with van der Waals surface area (Å²) < 4.78 is 0. The number of hydrogen-bond acceptors (Lipinski definition) is 8. The maximum atomic E-state index is 4.70. The van der Waals surface area contributed by atoms with Gasteiger partial charge in [-0.3, -0.25) is 9.98 Å². The molecular weight excluding hydrogens is 400 g/mol. The molecule has 0 saturated heterocycles. The Balaban J connectivity index is 1.37. The summed E-state index contributed by atoms with van der Waals surface area (Å²) in [7, 11) is 0. The van der Waals surface area contributed by atoms with Gasteiger partial charge >= 0.3 is 0 Å². The van der Waals surface area contributed by atoms with Crippen molar-refractivity contribution < 1.29 is 0 Å². The third kappa shape index (κ3) is 3.99. The van der Waals surface area contributed by atoms with E-state index < -0.39 is 0 Å². The molecule has 0 fully saturated rings. The lowest BCUT2D eigenvalue weighted by atomic mass is 9.96. The number of amidine groups is 1. The number of pyridine rings is 1. The van der Waals surface area contributed by atoms with Crippen LogP contribution in [0.25, 0.3) is 22.2 Å². The Kier molecular flexibility index (Phi) is 5.41. The molecule has 0 radical (unpaired) electrons. The topological polar surface area (TPSA) is 101 Å². The molecule has 160 valence electrons. The molecule has 1 aliphatic heterocycles. The lowest BCUT2D eigenvalue weighted by Gasteiger charge is -2.17. The summed E-state index contributed by atoms with van der Waals surface area (Å²) >= 11 is 0. The second-order valence-corrected chi connectivity index (χ2v) is 7.85. The number of benzene rings is 1. The molecule has 8 heteroatoms. The molecule has 32 heavy (non-hydrogen) atoms. The van der Waals surface area contributed by atoms with Gasteiger partial charge in [0.2, 0.25) is 0 Å². The number of nitrogens with zero attached hydrogens (tertiary/aromatic N) is 6. The highest BCUT2D eigenvalue weighted by molar-refractivity contribution is 6.10. The third-order valence-corrected chi connectivity index (χ3v) is 5.60. The Morgan fingerprint density at radius 1 is 1.06 bits per heavy atom. The first kappa shape index (κ1) is 20.0. The lowest BCUT2D eigenvalue weighted by Crippen LogP contribution is -2.20. The summed E-state index contributed by atoms with van der Waals surface area (Å²) in [4.78, 5) is 26.5. The molecule has 4 heterocycles. The Hall–Kier alpha value is -3.94. The molecule has 0 amide bonds. The van der Waals surface area contributed by atoms with Gasteiger partial charge in [0.05, 0.1) is 17.8 Å². The first-order valence-corrected chi connectivity index (χ1v) is 10.7. The number of nitrogens with one attached hydrogen (secondary N) is 2. The van der Waals surface area contributed by atoms with Gasteiger partial charge in [0.25, 0.3) is 0 Å². The van der Waals surface area contributed by atoms with Crippen LogP contribution in [0.5, 0.6) is 0 Å². The van der Waals surface area contributed by atoms with Crippen molar-refractivity contribution in [1.29, 1.82) is 0 Å². The Morgan fingerprint density at radius 3 is 2.75 bits per heavy atom. The van der Waals surface area contributed by atoms with Crippen molar-refractivity contribution in [2.45, 2.75) is 19.8 Å². The number of para-hydroxylation sites is 1. The van der Waals surface area contributed by atoms with Gasteiger partial charge in [0.1, 0.15) is 23.8 Å². The molecule has 5 rings (SSSR count). The first-order valence-electron chi connectivity index (χ1n) is 10.7. The number of aromatic nitrogens is 5. The van der Waals surface area contributed by atoms with Gasteiger partial charge < -0.3 is 10.6 Å². The van der Waals surface area contributed by atoms with Gasteiger partial charge in [-0.05, 0) is 18.6 Å². The summed E-state index contributed by atoms with van der Waals surface area (Å²) in [5.41, 5.74) is 4.96. The fourth-order valence-corrected chi connectivity index (χ4v) is 3.89. The minimum atomic E-state index is 0.223. The predicted molar refractivity (Wildman–Crippen MR) is 126 cm³/mol. The number of anilines is 1.